The van der Waals surface area contributed by atoms with Crippen LogP contribution in [0, 0.1) is 5.82 Å². The van der Waals surface area contributed by atoms with Gasteiger partial charge in [0, 0.05) is 5.56 Å². The van der Waals surface area contributed by atoms with E-state index in [0.29, 0.717) is 30.3 Å². The highest BCUT2D eigenvalue weighted by molar-refractivity contribution is 5.69. The molecular weight excluding hydrogens is 275 g/mol. The van der Waals surface area contributed by atoms with E-state index in [1.165, 1.54) is 18.3 Å². The molecular formula is C15H17FN2O3. The van der Waals surface area contributed by atoms with Gasteiger partial charge in [0.1, 0.15) is 5.82 Å². The molecule has 5 nitrogen and oxygen atoms in total. The van der Waals surface area contributed by atoms with Gasteiger partial charge in [0.15, 0.2) is 5.76 Å². The summed E-state index contributed by atoms with van der Waals surface area (Å²) in [6, 6.07) is 6.05. The minimum Gasteiger partial charge on any atom is -0.480 e. The molecule has 1 N–H and O–H groups in total. The number of nitrogens with zero attached hydrogens (tertiary/aromatic N) is 2. The quantitative estimate of drug-likeness (QED) is 0.850. The van der Waals surface area contributed by atoms with Gasteiger partial charge < -0.3 is 9.52 Å². The number of benzene rings is 1. The number of carboxylic acid groups (broad SMARTS) is 1. The summed E-state index contributed by atoms with van der Waals surface area (Å²) in [5.41, 5.74) is 0.606. The van der Waals surface area contributed by atoms with Crippen molar-refractivity contribution in [3.63, 3.8) is 0 Å². The van der Waals surface area contributed by atoms with E-state index in [9.17, 15) is 9.18 Å². The predicted octanol–water partition coefficient (Wildman–Crippen LogP) is 2.78. The summed E-state index contributed by atoms with van der Waals surface area (Å²) in [5, 5.41) is 8.87. The van der Waals surface area contributed by atoms with E-state index in [4.69, 9.17) is 9.52 Å². The summed E-state index contributed by atoms with van der Waals surface area (Å²) in [5.74, 6) is -0.343. The number of halogens is 1. The van der Waals surface area contributed by atoms with Gasteiger partial charge in [0.05, 0.1) is 19.3 Å². The number of carbonyl (C=O) groups is 1. The molecule has 1 aromatic heterocycles. The summed E-state index contributed by atoms with van der Waals surface area (Å²) in [6.45, 7) is 2.87. The van der Waals surface area contributed by atoms with Crippen LogP contribution in [0.25, 0.3) is 11.3 Å². The zero-order valence-corrected chi connectivity index (χ0v) is 11.8. The number of aliphatic carboxylic acids is 1. The minimum absolute atomic E-state index is 0.0640. The Bertz CT molecular complexity index is 612. The van der Waals surface area contributed by atoms with Crippen molar-refractivity contribution in [1.82, 2.24) is 9.88 Å². The third-order valence-corrected chi connectivity index (χ3v) is 2.92. The zero-order valence-electron chi connectivity index (χ0n) is 11.8. The summed E-state index contributed by atoms with van der Waals surface area (Å²) >= 11 is 0. The maximum Gasteiger partial charge on any atom is 0.317 e. The summed E-state index contributed by atoms with van der Waals surface area (Å²) in [4.78, 5) is 16.7. The van der Waals surface area contributed by atoms with E-state index >= 15 is 0 Å². The second-order valence-electron chi connectivity index (χ2n) is 4.73. The average Bonchev–Trinajstić information content (AvgIpc) is 2.87. The molecule has 0 saturated heterocycles. The van der Waals surface area contributed by atoms with Gasteiger partial charge in [-0.3, -0.25) is 9.69 Å². The lowest BCUT2D eigenvalue weighted by atomic mass is 10.2. The molecule has 0 bridgehead atoms. The van der Waals surface area contributed by atoms with Crippen molar-refractivity contribution in [3.05, 3.63) is 42.2 Å². The SMILES string of the molecule is CCCN(CC(=O)O)Cc1ncc(-c2cccc(F)c2)o1. The molecule has 0 saturated carbocycles. The largest absolute Gasteiger partial charge is 0.480 e. The van der Waals surface area contributed by atoms with Gasteiger partial charge in [-0.05, 0) is 25.1 Å². The molecule has 6 heteroatoms. The van der Waals surface area contributed by atoms with E-state index in [1.54, 1.807) is 17.0 Å². The van der Waals surface area contributed by atoms with Gasteiger partial charge in [-0.25, -0.2) is 9.37 Å². The Balaban J connectivity index is 2.10. The third-order valence-electron chi connectivity index (χ3n) is 2.92. The first kappa shape index (κ1) is 15.2. The number of oxazole rings is 1. The van der Waals surface area contributed by atoms with Gasteiger partial charge in [0.25, 0.3) is 0 Å². The highest BCUT2D eigenvalue weighted by Gasteiger charge is 2.13. The molecule has 0 unspecified atom stereocenters. The van der Waals surface area contributed by atoms with Crippen LogP contribution >= 0.6 is 0 Å². The van der Waals surface area contributed by atoms with E-state index < -0.39 is 5.97 Å². The Morgan fingerprint density at radius 2 is 2.29 bits per heavy atom. The zero-order chi connectivity index (χ0) is 15.2. The van der Waals surface area contributed by atoms with Gasteiger partial charge in [-0.1, -0.05) is 19.1 Å². The van der Waals surface area contributed by atoms with Crippen molar-refractivity contribution in [2.75, 3.05) is 13.1 Å². The number of rotatable bonds is 7. The Kier molecular flexibility index (Phi) is 5.05. The first-order chi connectivity index (χ1) is 10.1. The van der Waals surface area contributed by atoms with Crippen LogP contribution in [0.15, 0.2) is 34.9 Å². The van der Waals surface area contributed by atoms with E-state index in [2.05, 4.69) is 4.98 Å². The molecule has 2 rings (SSSR count). The van der Waals surface area contributed by atoms with Crippen LogP contribution in [0.1, 0.15) is 19.2 Å². The lowest BCUT2D eigenvalue weighted by Crippen LogP contribution is -2.30. The van der Waals surface area contributed by atoms with Gasteiger partial charge >= 0.3 is 5.97 Å². The molecule has 0 radical (unpaired) electrons. The van der Waals surface area contributed by atoms with Crippen LogP contribution in [0.4, 0.5) is 4.39 Å². The molecule has 0 amide bonds. The van der Waals surface area contributed by atoms with Crippen molar-refractivity contribution in [1.29, 1.82) is 0 Å². The van der Waals surface area contributed by atoms with Crippen LogP contribution in [-0.4, -0.2) is 34.0 Å². The predicted molar refractivity (Wildman–Crippen MR) is 75.1 cm³/mol. The molecule has 0 aliphatic rings. The molecule has 1 aromatic carbocycles. The van der Waals surface area contributed by atoms with E-state index in [0.717, 1.165) is 6.42 Å². The fourth-order valence-electron chi connectivity index (χ4n) is 2.07. The normalized spacial score (nSPS) is 11.0. The number of carboxylic acids is 1. The van der Waals surface area contributed by atoms with Crippen LogP contribution in [0.3, 0.4) is 0 Å². The first-order valence-electron chi connectivity index (χ1n) is 6.73. The minimum atomic E-state index is -0.889. The van der Waals surface area contributed by atoms with E-state index in [1.807, 2.05) is 6.92 Å². The Hall–Kier alpha value is -2.21. The maximum atomic E-state index is 13.2. The molecule has 0 aliphatic carbocycles. The third kappa shape index (κ3) is 4.39. The molecule has 21 heavy (non-hydrogen) atoms. The summed E-state index contributed by atoms with van der Waals surface area (Å²) in [6.07, 6.45) is 2.36. The molecule has 0 aliphatic heterocycles. The van der Waals surface area contributed by atoms with Gasteiger partial charge in [0.2, 0.25) is 5.89 Å². The maximum absolute atomic E-state index is 13.2. The fraction of sp³-hybridized carbons (Fsp3) is 0.333. The van der Waals surface area contributed by atoms with Crippen LogP contribution in [0.2, 0.25) is 0 Å². The van der Waals surface area contributed by atoms with Crippen molar-refractivity contribution in [2.45, 2.75) is 19.9 Å². The Morgan fingerprint density at radius 3 is 2.95 bits per heavy atom. The Labute approximate surface area is 122 Å². The smallest absolute Gasteiger partial charge is 0.317 e. The topological polar surface area (TPSA) is 66.6 Å². The van der Waals surface area contributed by atoms with Crippen LogP contribution in [0.5, 0.6) is 0 Å². The van der Waals surface area contributed by atoms with E-state index in [-0.39, 0.29) is 12.4 Å². The molecule has 2 aromatic rings. The molecule has 0 atom stereocenters. The van der Waals surface area contributed by atoms with Crippen LogP contribution < -0.4 is 0 Å². The van der Waals surface area contributed by atoms with Crippen molar-refractivity contribution in [2.24, 2.45) is 0 Å². The highest BCUT2D eigenvalue weighted by atomic mass is 19.1. The van der Waals surface area contributed by atoms with Crippen molar-refractivity contribution >= 4 is 5.97 Å². The number of hydrogen-bond donors (Lipinski definition) is 1. The molecule has 112 valence electrons. The lowest BCUT2D eigenvalue weighted by Gasteiger charge is -2.16. The second-order valence-corrected chi connectivity index (χ2v) is 4.73. The van der Waals surface area contributed by atoms with Crippen molar-refractivity contribution < 1.29 is 18.7 Å². The molecule has 1 heterocycles. The lowest BCUT2D eigenvalue weighted by molar-refractivity contribution is -0.138. The fourth-order valence-corrected chi connectivity index (χ4v) is 2.07. The van der Waals surface area contributed by atoms with Gasteiger partial charge in [-0.2, -0.15) is 0 Å². The second kappa shape index (κ2) is 6.99. The monoisotopic (exact) mass is 292 g/mol. The summed E-state index contributed by atoms with van der Waals surface area (Å²) in [7, 11) is 0. The molecule has 0 fully saturated rings. The highest BCUT2D eigenvalue weighted by Crippen LogP contribution is 2.21. The Morgan fingerprint density at radius 1 is 1.48 bits per heavy atom. The first-order valence-corrected chi connectivity index (χ1v) is 6.73. The average molecular weight is 292 g/mol. The standard InChI is InChI=1S/C15H17FN2O3/c1-2-6-18(10-15(19)20)9-14-17-8-13(21-14)11-4-3-5-12(16)7-11/h3-5,7-8H,2,6,9-10H2,1H3,(H,19,20). The summed E-state index contributed by atoms with van der Waals surface area (Å²) < 4.78 is 18.7. The molecule has 0 spiro atoms. The number of aromatic nitrogens is 1. The van der Waals surface area contributed by atoms with Crippen molar-refractivity contribution in [3.8, 4) is 11.3 Å². The van der Waals surface area contributed by atoms with Crippen LogP contribution in [-0.2, 0) is 11.3 Å². The number of hydrogen-bond acceptors (Lipinski definition) is 4. The van der Waals surface area contributed by atoms with Gasteiger partial charge in [-0.15, -0.1) is 0 Å².